The van der Waals surface area contributed by atoms with E-state index >= 15 is 0 Å². The first-order valence-electron chi connectivity index (χ1n) is 6.55. The second-order valence-corrected chi connectivity index (χ2v) is 4.82. The summed E-state index contributed by atoms with van der Waals surface area (Å²) in [7, 11) is 0. The quantitative estimate of drug-likeness (QED) is 0.846. The zero-order chi connectivity index (χ0) is 13.0. The van der Waals surface area contributed by atoms with E-state index in [9.17, 15) is 0 Å². The van der Waals surface area contributed by atoms with Crippen molar-refractivity contribution < 1.29 is 0 Å². The van der Waals surface area contributed by atoms with E-state index in [-0.39, 0.29) is 6.04 Å². The molecular weight excluding hydrogens is 222 g/mol. The molecule has 1 aromatic carbocycles. The molecule has 1 atom stereocenters. The molecule has 0 saturated carbocycles. The Labute approximate surface area is 109 Å². The van der Waals surface area contributed by atoms with Gasteiger partial charge in [0.25, 0.3) is 0 Å². The Bertz CT molecular complexity index is 457. The minimum absolute atomic E-state index is 0.193. The first-order valence-corrected chi connectivity index (χ1v) is 6.55. The van der Waals surface area contributed by atoms with E-state index in [2.05, 4.69) is 60.6 Å². The molecule has 0 saturated heterocycles. The maximum atomic E-state index is 4.03. The zero-order valence-electron chi connectivity index (χ0n) is 11.3. The van der Waals surface area contributed by atoms with E-state index < -0.39 is 0 Å². The molecular formula is C15H21N3. The number of hydrogen-bond donors (Lipinski definition) is 2. The molecule has 3 nitrogen and oxygen atoms in total. The van der Waals surface area contributed by atoms with Gasteiger partial charge in [-0.25, -0.2) is 0 Å². The number of aromatic nitrogens is 2. The molecule has 2 rings (SSSR count). The fourth-order valence-corrected chi connectivity index (χ4v) is 2.11. The number of nitrogens with zero attached hydrogens (tertiary/aromatic N) is 1. The average Bonchev–Trinajstić information content (AvgIpc) is 2.90. The molecule has 96 valence electrons. The SMILES string of the molecule is CCNC(c1ccc(C(C)C)cc1)c1ccn[nH]1. The van der Waals surface area contributed by atoms with Crippen LogP contribution in [-0.4, -0.2) is 16.7 Å². The van der Waals surface area contributed by atoms with Gasteiger partial charge in [0, 0.05) is 6.20 Å². The molecule has 0 amide bonds. The lowest BCUT2D eigenvalue weighted by Crippen LogP contribution is -2.22. The number of hydrogen-bond acceptors (Lipinski definition) is 2. The van der Waals surface area contributed by atoms with Crippen molar-refractivity contribution in [2.24, 2.45) is 0 Å². The van der Waals surface area contributed by atoms with Gasteiger partial charge in [-0.15, -0.1) is 0 Å². The number of aromatic amines is 1. The van der Waals surface area contributed by atoms with Crippen molar-refractivity contribution in [3.8, 4) is 0 Å². The topological polar surface area (TPSA) is 40.7 Å². The van der Waals surface area contributed by atoms with E-state index in [1.807, 2.05) is 6.07 Å². The highest BCUT2D eigenvalue weighted by atomic mass is 15.1. The molecule has 0 fully saturated rings. The second-order valence-electron chi connectivity index (χ2n) is 4.82. The third kappa shape index (κ3) is 2.79. The molecule has 2 N–H and O–H groups in total. The van der Waals surface area contributed by atoms with E-state index in [4.69, 9.17) is 0 Å². The molecule has 1 aromatic heterocycles. The van der Waals surface area contributed by atoms with E-state index in [0.29, 0.717) is 5.92 Å². The van der Waals surface area contributed by atoms with Crippen LogP contribution in [0.15, 0.2) is 36.5 Å². The average molecular weight is 243 g/mol. The third-order valence-corrected chi connectivity index (χ3v) is 3.18. The normalized spacial score (nSPS) is 12.9. The van der Waals surface area contributed by atoms with Crippen molar-refractivity contribution in [1.82, 2.24) is 15.5 Å². The highest BCUT2D eigenvalue weighted by molar-refractivity contribution is 5.31. The van der Waals surface area contributed by atoms with Crippen molar-refractivity contribution in [2.75, 3.05) is 6.54 Å². The summed E-state index contributed by atoms with van der Waals surface area (Å²) in [5.41, 5.74) is 3.75. The molecule has 0 bridgehead atoms. The number of nitrogens with one attached hydrogen (secondary N) is 2. The van der Waals surface area contributed by atoms with E-state index in [1.54, 1.807) is 6.20 Å². The summed E-state index contributed by atoms with van der Waals surface area (Å²) >= 11 is 0. The van der Waals surface area contributed by atoms with E-state index in [0.717, 1.165) is 12.2 Å². The van der Waals surface area contributed by atoms with Crippen LogP contribution in [0.25, 0.3) is 0 Å². The monoisotopic (exact) mass is 243 g/mol. The van der Waals surface area contributed by atoms with Gasteiger partial charge in [0.05, 0.1) is 11.7 Å². The van der Waals surface area contributed by atoms with Gasteiger partial charge < -0.3 is 5.32 Å². The van der Waals surface area contributed by atoms with Crippen molar-refractivity contribution in [2.45, 2.75) is 32.7 Å². The Kier molecular flexibility index (Phi) is 4.15. The Morgan fingerprint density at radius 1 is 1.11 bits per heavy atom. The fraction of sp³-hybridized carbons (Fsp3) is 0.400. The third-order valence-electron chi connectivity index (χ3n) is 3.18. The van der Waals surface area contributed by atoms with E-state index in [1.165, 1.54) is 11.1 Å². The molecule has 18 heavy (non-hydrogen) atoms. The molecule has 3 heteroatoms. The van der Waals surface area contributed by atoms with Crippen molar-refractivity contribution in [3.63, 3.8) is 0 Å². The van der Waals surface area contributed by atoms with Gasteiger partial charge in [0.15, 0.2) is 0 Å². The second kappa shape index (κ2) is 5.83. The molecule has 0 aliphatic heterocycles. The molecule has 0 aliphatic rings. The molecule has 2 aromatic rings. The number of H-pyrrole nitrogens is 1. The van der Waals surface area contributed by atoms with Gasteiger partial charge in [0.2, 0.25) is 0 Å². The summed E-state index contributed by atoms with van der Waals surface area (Å²) in [6.45, 7) is 7.47. The lowest BCUT2D eigenvalue weighted by molar-refractivity contribution is 0.613. The first kappa shape index (κ1) is 12.8. The molecule has 1 unspecified atom stereocenters. The number of rotatable bonds is 5. The maximum Gasteiger partial charge on any atom is 0.0745 e. The summed E-state index contributed by atoms with van der Waals surface area (Å²) in [6, 6.07) is 11.0. The summed E-state index contributed by atoms with van der Waals surface area (Å²) in [5, 5.41) is 10.6. The van der Waals surface area contributed by atoms with Crippen LogP contribution in [0.1, 0.15) is 49.6 Å². The van der Waals surface area contributed by atoms with Crippen LogP contribution in [0.5, 0.6) is 0 Å². The smallest absolute Gasteiger partial charge is 0.0745 e. The Balaban J connectivity index is 2.26. The fourth-order valence-electron chi connectivity index (χ4n) is 2.11. The van der Waals surface area contributed by atoms with Crippen LogP contribution in [0.3, 0.4) is 0 Å². The molecule has 0 radical (unpaired) electrons. The zero-order valence-corrected chi connectivity index (χ0v) is 11.3. The van der Waals surface area contributed by atoms with Crippen LogP contribution < -0.4 is 5.32 Å². The van der Waals surface area contributed by atoms with Gasteiger partial charge in [-0.05, 0) is 29.7 Å². The lowest BCUT2D eigenvalue weighted by Gasteiger charge is -2.17. The van der Waals surface area contributed by atoms with Gasteiger partial charge in [-0.2, -0.15) is 5.10 Å². The standard InChI is InChI=1S/C15H21N3/c1-4-16-15(14-9-10-17-18-14)13-7-5-12(6-8-13)11(2)3/h5-11,15-16H,4H2,1-3H3,(H,17,18). The van der Waals surface area contributed by atoms with Crippen LogP contribution in [0, 0.1) is 0 Å². The van der Waals surface area contributed by atoms with Gasteiger partial charge in [-0.1, -0.05) is 45.0 Å². The first-order chi connectivity index (χ1) is 8.72. The van der Waals surface area contributed by atoms with Gasteiger partial charge in [0.1, 0.15) is 0 Å². The maximum absolute atomic E-state index is 4.03. The summed E-state index contributed by atoms with van der Waals surface area (Å²) < 4.78 is 0. The Hall–Kier alpha value is -1.61. The van der Waals surface area contributed by atoms with Crippen LogP contribution in [0.2, 0.25) is 0 Å². The van der Waals surface area contributed by atoms with Crippen LogP contribution in [-0.2, 0) is 0 Å². The van der Waals surface area contributed by atoms with Crippen molar-refractivity contribution >= 4 is 0 Å². The summed E-state index contributed by atoms with van der Waals surface area (Å²) in [5.74, 6) is 0.573. The Morgan fingerprint density at radius 3 is 2.28 bits per heavy atom. The Morgan fingerprint density at radius 2 is 1.78 bits per heavy atom. The molecule has 0 spiro atoms. The summed E-state index contributed by atoms with van der Waals surface area (Å²) in [6.07, 6.45) is 1.79. The predicted octanol–water partition coefficient (Wildman–Crippen LogP) is 3.23. The molecule has 1 heterocycles. The highest BCUT2D eigenvalue weighted by Gasteiger charge is 2.14. The van der Waals surface area contributed by atoms with Gasteiger partial charge >= 0.3 is 0 Å². The van der Waals surface area contributed by atoms with Crippen LogP contribution in [0.4, 0.5) is 0 Å². The summed E-state index contributed by atoms with van der Waals surface area (Å²) in [4.78, 5) is 0. The molecule has 0 aliphatic carbocycles. The van der Waals surface area contributed by atoms with Crippen LogP contribution >= 0.6 is 0 Å². The highest BCUT2D eigenvalue weighted by Crippen LogP contribution is 2.22. The predicted molar refractivity (Wildman–Crippen MR) is 74.6 cm³/mol. The largest absolute Gasteiger partial charge is 0.305 e. The van der Waals surface area contributed by atoms with Crippen molar-refractivity contribution in [1.29, 1.82) is 0 Å². The minimum Gasteiger partial charge on any atom is -0.305 e. The number of benzene rings is 1. The van der Waals surface area contributed by atoms with Crippen molar-refractivity contribution in [3.05, 3.63) is 53.3 Å². The minimum atomic E-state index is 0.193. The van der Waals surface area contributed by atoms with Gasteiger partial charge in [-0.3, -0.25) is 5.10 Å². The lowest BCUT2D eigenvalue weighted by atomic mass is 9.98.